The summed E-state index contributed by atoms with van der Waals surface area (Å²) in [5.74, 6) is -0.297. The van der Waals surface area contributed by atoms with Gasteiger partial charge in [-0.05, 0) is 53.9 Å². The van der Waals surface area contributed by atoms with E-state index in [0.29, 0.717) is 11.4 Å². The van der Waals surface area contributed by atoms with Gasteiger partial charge in [0.25, 0.3) is 5.91 Å². The van der Waals surface area contributed by atoms with Crippen molar-refractivity contribution in [1.82, 2.24) is 0 Å². The summed E-state index contributed by atoms with van der Waals surface area (Å²) in [7, 11) is 0. The van der Waals surface area contributed by atoms with Crippen molar-refractivity contribution in [2.45, 2.75) is 18.7 Å². The monoisotopic (exact) mass is 420 g/mol. The molecule has 1 aliphatic rings. The summed E-state index contributed by atoms with van der Waals surface area (Å²) in [6, 6.07) is 21.0. The predicted molar refractivity (Wildman–Crippen MR) is 119 cm³/mol. The first kappa shape index (κ1) is 20.2. The van der Waals surface area contributed by atoms with Gasteiger partial charge in [0.2, 0.25) is 5.91 Å². The largest absolute Gasteiger partial charge is 0.322 e. The van der Waals surface area contributed by atoms with Crippen LogP contribution in [0.15, 0.2) is 72.8 Å². The van der Waals surface area contributed by atoms with Gasteiger partial charge in [0.15, 0.2) is 0 Å². The molecule has 0 bridgehead atoms. The SMILES string of the molecule is CCc1ccccc1N1C(=O)CSC1c1ccc(NC(=O)c2cccc(F)c2)cc1. The second-order valence-corrected chi connectivity index (χ2v) is 8.06. The first-order valence-corrected chi connectivity index (χ1v) is 10.8. The highest BCUT2D eigenvalue weighted by molar-refractivity contribution is 8.00. The van der Waals surface area contributed by atoms with Gasteiger partial charge in [-0.25, -0.2) is 4.39 Å². The number of nitrogens with zero attached hydrogens (tertiary/aromatic N) is 1. The van der Waals surface area contributed by atoms with Gasteiger partial charge in [-0.2, -0.15) is 0 Å². The van der Waals surface area contributed by atoms with Crippen LogP contribution >= 0.6 is 11.8 Å². The number of anilines is 2. The molecule has 4 nitrogen and oxygen atoms in total. The van der Waals surface area contributed by atoms with Crippen LogP contribution in [-0.2, 0) is 11.2 Å². The Balaban J connectivity index is 1.54. The van der Waals surface area contributed by atoms with Gasteiger partial charge in [0, 0.05) is 16.9 Å². The van der Waals surface area contributed by atoms with E-state index in [0.717, 1.165) is 23.2 Å². The molecule has 3 aromatic rings. The summed E-state index contributed by atoms with van der Waals surface area (Å²) in [6.07, 6.45) is 0.850. The molecular weight excluding hydrogens is 399 g/mol. The molecule has 0 aliphatic carbocycles. The summed E-state index contributed by atoms with van der Waals surface area (Å²) < 4.78 is 13.3. The first-order valence-electron chi connectivity index (χ1n) is 9.75. The average Bonchev–Trinajstić information content (AvgIpc) is 3.15. The van der Waals surface area contributed by atoms with E-state index in [1.807, 2.05) is 41.3 Å². The zero-order valence-electron chi connectivity index (χ0n) is 16.5. The smallest absolute Gasteiger partial charge is 0.255 e. The molecule has 1 saturated heterocycles. The molecule has 152 valence electrons. The van der Waals surface area contributed by atoms with Gasteiger partial charge < -0.3 is 5.32 Å². The maximum Gasteiger partial charge on any atom is 0.255 e. The minimum absolute atomic E-state index is 0.0920. The molecule has 4 rings (SSSR count). The topological polar surface area (TPSA) is 49.4 Å². The number of para-hydroxylation sites is 1. The quantitative estimate of drug-likeness (QED) is 0.600. The molecule has 1 N–H and O–H groups in total. The third-order valence-electron chi connectivity index (χ3n) is 5.04. The molecule has 3 aromatic carbocycles. The zero-order chi connectivity index (χ0) is 21.1. The van der Waals surface area contributed by atoms with E-state index in [1.54, 1.807) is 30.0 Å². The fourth-order valence-electron chi connectivity index (χ4n) is 3.54. The molecule has 2 amide bonds. The summed E-state index contributed by atoms with van der Waals surface area (Å²) in [5.41, 5.74) is 3.95. The number of carbonyl (C=O) groups is 2. The molecule has 1 unspecified atom stereocenters. The molecule has 1 heterocycles. The number of thioether (sulfide) groups is 1. The fraction of sp³-hybridized carbons (Fsp3) is 0.167. The number of amides is 2. The van der Waals surface area contributed by atoms with Crippen LogP contribution in [0.4, 0.5) is 15.8 Å². The lowest BCUT2D eigenvalue weighted by molar-refractivity contribution is -0.115. The van der Waals surface area contributed by atoms with Crippen molar-refractivity contribution in [2.75, 3.05) is 16.0 Å². The number of nitrogens with one attached hydrogen (secondary N) is 1. The van der Waals surface area contributed by atoms with Gasteiger partial charge in [0.1, 0.15) is 11.2 Å². The van der Waals surface area contributed by atoms with Crippen LogP contribution in [0.2, 0.25) is 0 Å². The Kier molecular flexibility index (Phi) is 5.86. The van der Waals surface area contributed by atoms with E-state index in [4.69, 9.17) is 0 Å². The number of benzene rings is 3. The van der Waals surface area contributed by atoms with Gasteiger partial charge in [0.05, 0.1) is 5.75 Å². The van der Waals surface area contributed by atoms with Crippen molar-refractivity contribution >= 4 is 35.0 Å². The van der Waals surface area contributed by atoms with E-state index >= 15 is 0 Å². The second-order valence-electron chi connectivity index (χ2n) is 7.00. The maximum atomic E-state index is 13.3. The van der Waals surface area contributed by atoms with Crippen molar-refractivity contribution in [1.29, 1.82) is 0 Å². The summed E-state index contributed by atoms with van der Waals surface area (Å²) >= 11 is 1.59. The predicted octanol–water partition coefficient (Wildman–Crippen LogP) is 5.42. The molecule has 30 heavy (non-hydrogen) atoms. The first-order chi connectivity index (χ1) is 14.6. The van der Waals surface area contributed by atoms with Crippen molar-refractivity contribution in [2.24, 2.45) is 0 Å². The number of hydrogen-bond donors (Lipinski definition) is 1. The molecular formula is C24H21FN2O2S. The van der Waals surface area contributed by atoms with E-state index < -0.39 is 5.82 Å². The lowest BCUT2D eigenvalue weighted by Crippen LogP contribution is -2.28. The van der Waals surface area contributed by atoms with Crippen molar-refractivity contribution in [3.05, 3.63) is 95.3 Å². The molecule has 1 aliphatic heterocycles. The van der Waals surface area contributed by atoms with Gasteiger partial charge >= 0.3 is 0 Å². The van der Waals surface area contributed by atoms with Gasteiger partial charge in [-0.1, -0.05) is 43.3 Å². The van der Waals surface area contributed by atoms with Crippen LogP contribution in [0.5, 0.6) is 0 Å². The Hall–Kier alpha value is -3.12. The van der Waals surface area contributed by atoms with Gasteiger partial charge in [-0.3, -0.25) is 14.5 Å². The van der Waals surface area contributed by atoms with E-state index in [1.165, 1.54) is 18.2 Å². The standard InChI is InChI=1S/C24H21FN2O2S/c1-2-16-6-3-4-9-21(16)27-22(28)15-30-24(27)17-10-12-20(13-11-17)26-23(29)18-7-5-8-19(25)14-18/h3-14,24H,2,15H2,1H3,(H,26,29). The van der Waals surface area contributed by atoms with Crippen LogP contribution in [0.25, 0.3) is 0 Å². The third kappa shape index (κ3) is 4.09. The van der Waals surface area contributed by atoms with E-state index in [2.05, 4.69) is 12.2 Å². The van der Waals surface area contributed by atoms with Crippen molar-refractivity contribution < 1.29 is 14.0 Å². The normalized spacial score (nSPS) is 16.0. The number of halogens is 1. The van der Waals surface area contributed by atoms with Crippen LogP contribution in [0, 0.1) is 5.82 Å². The van der Waals surface area contributed by atoms with Crippen LogP contribution < -0.4 is 10.2 Å². The molecule has 0 aromatic heterocycles. The Labute approximate surface area is 179 Å². The fourth-order valence-corrected chi connectivity index (χ4v) is 4.71. The second kappa shape index (κ2) is 8.71. The lowest BCUT2D eigenvalue weighted by atomic mass is 10.1. The Morgan fingerprint density at radius 3 is 2.60 bits per heavy atom. The molecule has 0 saturated carbocycles. The van der Waals surface area contributed by atoms with E-state index in [9.17, 15) is 14.0 Å². The number of rotatable bonds is 5. The molecule has 0 radical (unpaired) electrons. The maximum absolute atomic E-state index is 13.3. The lowest BCUT2D eigenvalue weighted by Gasteiger charge is -2.26. The van der Waals surface area contributed by atoms with Crippen LogP contribution in [-0.4, -0.2) is 17.6 Å². The highest BCUT2D eigenvalue weighted by atomic mass is 32.2. The third-order valence-corrected chi connectivity index (χ3v) is 6.25. The summed E-state index contributed by atoms with van der Waals surface area (Å²) in [4.78, 5) is 26.8. The average molecular weight is 421 g/mol. The van der Waals surface area contributed by atoms with Crippen molar-refractivity contribution in [3.63, 3.8) is 0 Å². The molecule has 0 spiro atoms. The number of carbonyl (C=O) groups excluding carboxylic acids is 2. The summed E-state index contributed by atoms with van der Waals surface area (Å²) in [6.45, 7) is 2.08. The summed E-state index contributed by atoms with van der Waals surface area (Å²) in [5, 5.41) is 2.67. The van der Waals surface area contributed by atoms with Crippen LogP contribution in [0.1, 0.15) is 33.8 Å². The minimum Gasteiger partial charge on any atom is -0.322 e. The molecule has 1 atom stereocenters. The molecule has 6 heteroatoms. The highest BCUT2D eigenvalue weighted by Crippen LogP contribution is 2.43. The van der Waals surface area contributed by atoms with Crippen LogP contribution in [0.3, 0.4) is 0 Å². The number of hydrogen-bond acceptors (Lipinski definition) is 3. The molecule has 1 fully saturated rings. The highest BCUT2D eigenvalue weighted by Gasteiger charge is 2.34. The number of aryl methyl sites for hydroxylation is 1. The minimum atomic E-state index is -0.451. The Bertz CT molecular complexity index is 1080. The van der Waals surface area contributed by atoms with E-state index in [-0.39, 0.29) is 22.8 Å². The van der Waals surface area contributed by atoms with Crippen molar-refractivity contribution in [3.8, 4) is 0 Å². The Morgan fingerprint density at radius 2 is 1.87 bits per heavy atom. The van der Waals surface area contributed by atoms with Gasteiger partial charge in [-0.15, -0.1) is 11.8 Å². The zero-order valence-corrected chi connectivity index (χ0v) is 17.3. The Morgan fingerprint density at radius 1 is 1.10 bits per heavy atom.